The van der Waals surface area contributed by atoms with E-state index in [1.807, 2.05) is 37.4 Å². The molecule has 0 N–H and O–H groups in total. The van der Waals surface area contributed by atoms with Crippen LogP contribution in [0.25, 0.3) is 10.9 Å². The van der Waals surface area contributed by atoms with E-state index in [4.69, 9.17) is 9.72 Å². The van der Waals surface area contributed by atoms with Crippen molar-refractivity contribution in [1.82, 2.24) is 19.9 Å². The molecule has 1 aliphatic rings. The zero-order chi connectivity index (χ0) is 17.2. The number of fused-ring (bicyclic) bond motifs is 1. The summed E-state index contributed by atoms with van der Waals surface area (Å²) in [5.74, 6) is 3.12. The largest absolute Gasteiger partial charge is 0.497 e. The van der Waals surface area contributed by atoms with Gasteiger partial charge >= 0.3 is 0 Å². The van der Waals surface area contributed by atoms with E-state index in [2.05, 4.69) is 19.9 Å². The summed E-state index contributed by atoms with van der Waals surface area (Å²) < 4.78 is 5.38. The smallest absolute Gasteiger partial charge is 0.140 e. The van der Waals surface area contributed by atoms with E-state index in [-0.39, 0.29) is 0 Å². The van der Waals surface area contributed by atoms with E-state index in [0.717, 1.165) is 59.9 Å². The van der Waals surface area contributed by atoms with Crippen LogP contribution in [0.2, 0.25) is 0 Å². The summed E-state index contributed by atoms with van der Waals surface area (Å²) in [7, 11) is 1.68. The first-order valence-electron chi connectivity index (χ1n) is 8.58. The Balaban J connectivity index is 1.62. The van der Waals surface area contributed by atoms with Crippen molar-refractivity contribution < 1.29 is 4.74 Å². The minimum atomic E-state index is 0.489. The summed E-state index contributed by atoms with van der Waals surface area (Å²) in [6.07, 6.45) is 5.58. The molecule has 1 saturated heterocycles. The maximum Gasteiger partial charge on any atom is 0.140 e. The lowest BCUT2D eigenvalue weighted by atomic mass is 9.93. The summed E-state index contributed by atoms with van der Waals surface area (Å²) in [6, 6.07) is 8.00. The highest BCUT2D eigenvalue weighted by Crippen LogP contribution is 2.33. The molecule has 0 amide bonds. The van der Waals surface area contributed by atoms with Crippen molar-refractivity contribution in [2.24, 2.45) is 0 Å². The van der Waals surface area contributed by atoms with E-state index >= 15 is 0 Å². The number of nitrogens with zero attached hydrogens (tertiary/aromatic N) is 5. The Bertz CT molecular complexity index is 876. The third-order valence-electron chi connectivity index (χ3n) is 4.81. The van der Waals surface area contributed by atoms with Crippen LogP contribution in [0.1, 0.15) is 30.3 Å². The number of hydrogen-bond acceptors (Lipinski definition) is 6. The average Bonchev–Trinajstić information content (AvgIpc) is 2.68. The monoisotopic (exact) mass is 335 g/mol. The Morgan fingerprint density at radius 2 is 1.96 bits per heavy atom. The van der Waals surface area contributed by atoms with Crippen molar-refractivity contribution in [3.63, 3.8) is 0 Å². The predicted octanol–water partition coefficient (Wildman–Crippen LogP) is 3.12. The molecule has 0 unspecified atom stereocenters. The summed E-state index contributed by atoms with van der Waals surface area (Å²) in [4.78, 5) is 20.1. The Labute approximate surface area is 146 Å². The van der Waals surface area contributed by atoms with Gasteiger partial charge in [0.25, 0.3) is 0 Å². The zero-order valence-electron chi connectivity index (χ0n) is 14.5. The first-order chi connectivity index (χ1) is 12.2. The summed E-state index contributed by atoms with van der Waals surface area (Å²) in [5, 5.41) is 1.05. The number of aromatic nitrogens is 4. The molecular weight excluding hydrogens is 314 g/mol. The van der Waals surface area contributed by atoms with Crippen molar-refractivity contribution in [2.45, 2.75) is 25.7 Å². The quantitative estimate of drug-likeness (QED) is 0.733. The van der Waals surface area contributed by atoms with Gasteiger partial charge in [-0.25, -0.2) is 19.9 Å². The average molecular weight is 335 g/mol. The molecule has 0 aliphatic carbocycles. The van der Waals surface area contributed by atoms with Crippen LogP contribution in [-0.2, 0) is 0 Å². The van der Waals surface area contributed by atoms with Crippen molar-refractivity contribution in [2.75, 3.05) is 25.1 Å². The van der Waals surface area contributed by atoms with E-state index in [0.29, 0.717) is 5.92 Å². The van der Waals surface area contributed by atoms with Crippen LogP contribution in [0.3, 0.4) is 0 Å². The second-order valence-electron chi connectivity index (χ2n) is 6.37. The molecule has 0 radical (unpaired) electrons. The van der Waals surface area contributed by atoms with Gasteiger partial charge in [0.1, 0.15) is 23.7 Å². The SMILES string of the molecule is COc1ccc2nc(C)nc(N3CCC(c4ccncn4)CC3)c2c1. The first kappa shape index (κ1) is 15.7. The Morgan fingerprint density at radius 3 is 2.68 bits per heavy atom. The molecule has 6 nitrogen and oxygen atoms in total. The van der Waals surface area contributed by atoms with Crippen molar-refractivity contribution in [3.8, 4) is 5.75 Å². The molecule has 4 rings (SSSR count). The second kappa shape index (κ2) is 6.63. The predicted molar refractivity (Wildman–Crippen MR) is 97.0 cm³/mol. The Kier molecular flexibility index (Phi) is 4.17. The van der Waals surface area contributed by atoms with Crippen LogP contribution in [0.5, 0.6) is 5.75 Å². The van der Waals surface area contributed by atoms with Gasteiger partial charge in [-0.15, -0.1) is 0 Å². The second-order valence-corrected chi connectivity index (χ2v) is 6.37. The zero-order valence-corrected chi connectivity index (χ0v) is 14.5. The summed E-state index contributed by atoms with van der Waals surface area (Å²) in [5.41, 5.74) is 2.10. The molecule has 6 heteroatoms. The molecule has 3 aromatic rings. The number of aryl methyl sites for hydroxylation is 1. The minimum absolute atomic E-state index is 0.489. The fraction of sp³-hybridized carbons (Fsp3) is 0.368. The third-order valence-corrected chi connectivity index (χ3v) is 4.81. The van der Waals surface area contributed by atoms with Gasteiger partial charge in [0.2, 0.25) is 0 Å². The van der Waals surface area contributed by atoms with Gasteiger partial charge in [-0.05, 0) is 44.0 Å². The van der Waals surface area contributed by atoms with Crippen molar-refractivity contribution in [3.05, 3.63) is 48.3 Å². The highest BCUT2D eigenvalue weighted by atomic mass is 16.5. The molecule has 3 heterocycles. The van der Waals surface area contributed by atoms with Crippen molar-refractivity contribution in [1.29, 1.82) is 0 Å². The van der Waals surface area contributed by atoms with Crippen LogP contribution in [0.15, 0.2) is 36.8 Å². The lowest BCUT2D eigenvalue weighted by Gasteiger charge is -2.33. The molecule has 0 saturated carbocycles. The van der Waals surface area contributed by atoms with Gasteiger partial charge in [0.05, 0.1) is 12.6 Å². The molecule has 1 aromatic carbocycles. The number of anilines is 1. The lowest BCUT2D eigenvalue weighted by Crippen LogP contribution is -2.34. The molecule has 2 aromatic heterocycles. The normalized spacial score (nSPS) is 15.5. The number of ether oxygens (including phenoxy) is 1. The van der Waals surface area contributed by atoms with E-state index < -0.39 is 0 Å². The van der Waals surface area contributed by atoms with Gasteiger partial charge in [-0.1, -0.05) is 0 Å². The molecular formula is C19H21N5O. The van der Waals surface area contributed by atoms with E-state index in [1.54, 1.807) is 13.4 Å². The standard InChI is InChI=1S/C19H21N5O/c1-13-22-18-4-3-15(25-2)11-16(18)19(23-13)24-9-6-14(7-10-24)17-5-8-20-12-21-17/h3-5,8,11-12,14H,6-7,9-10H2,1-2H3. The Morgan fingerprint density at radius 1 is 1.12 bits per heavy atom. The number of piperidine rings is 1. The summed E-state index contributed by atoms with van der Waals surface area (Å²) in [6.45, 7) is 3.86. The van der Waals surface area contributed by atoms with Gasteiger partial charge in [-0.2, -0.15) is 0 Å². The molecule has 0 atom stereocenters. The van der Waals surface area contributed by atoms with Gasteiger partial charge in [-0.3, -0.25) is 0 Å². The third kappa shape index (κ3) is 3.12. The van der Waals surface area contributed by atoms with Crippen LogP contribution in [0, 0.1) is 6.92 Å². The first-order valence-corrected chi connectivity index (χ1v) is 8.58. The molecule has 1 aliphatic heterocycles. The van der Waals surface area contributed by atoms with Crippen LogP contribution in [0.4, 0.5) is 5.82 Å². The Hall–Kier alpha value is -2.76. The number of rotatable bonds is 3. The lowest BCUT2D eigenvalue weighted by molar-refractivity contribution is 0.415. The fourth-order valence-corrected chi connectivity index (χ4v) is 3.50. The number of hydrogen-bond donors (Lipinski definition) is 0. The van der Waals surface area contributed by atoms with Gasteiger partial charge < -0.3 is 9.64 Å². The minimum Gasteiger partial charge on any atom is -0.497 e. The van der Waals surface area contributed by atoms with Crippen molar-refractivity contribution >= 4 is 16.7 Å². The molecule has 128 valence electrons. The molecule has 0 spiro atoms. The fourth-order valence-electron chi connectivity index (χ4n) is 3.50. The van der Waals surface area contributed by atoms with E-state index in [1.165, 1.54) is 0 Å². The highest BCUT2D eigenvalue weighted by molar-refractivity contribution is 5.90. The molecule has 1 fully saturated rings. The maximum atomic E-state index is 5.38. The van der Waals surface area contributed by atoms with Crippen LogP contribution < -0.4 is 9.64 Å². The summed E-state index contributed by atoms with van der Waals surface area (Å²) >= 11 is 0. The van der Waals surface area contributed by atoms with Gasteiger partial charge in [0.15, 0.2) is 0 Å². The van der Waals surface area contributed by atoms with E-state index in [9.17, 15) is 0 Å². The highest BCUT2D eigenvalue weighted by Gasteiger charge is 2.24. The maximum absolute atomic E-state index is 5.38. The topological polar surface area (TPSA) is 64.0 Å². The molecule has 25 heavy (non-hydrogen) atoms. The van der Waals surface area contributed by atoms with Gasteiger partial charge in [0, 0.05) is 36.3 Å². The van der Waals surface area contributed by atoms with Crippen LogP contribution in [-0.4, -0.2) is 40.1 Å². The van der Waals surface area contributed by atoms with Crippen LogP contribution >= 0.6 is 0 Å². The molecule has 0 bridgehead atoms. The number of methoxy groups -OCH3 is 1. The number of benzene rings is 1.